The summed E-state index contributed by atoms with van der Waals surface area (Å²) in [5, 5.41) is 3.25. The van der Waals surface area contributed by atoms with Crippen molar-refractivity contribution in [2.45, 2.75) is 0 Å². The van der Waals surface area contributed by atoms with Crippen molar-refractivity contribution in [2.24, 2.45) is 0 Å². The van der Waals surface area contributed by atoms with Gasteiger partial charge in [0.15, 0.2) is 0 Å². The van der Waals surface area contributed by atoms with Crippen LogP contribution in [0, 0.1) is 0 Å². The van der Waals surface area contributed by atoms with E-state index in [9.17, 15) is 0 Å². The van der Waals surface area contributed by atoms with Gasteiger partial charge in [-0.1, -0.05) is 6.08 Å². The Hall–Kier alpha value is -1.35. The topological polar surface area (TPSA) is 34.1 Å². The molecular formula is C10H12N2O. The van der Waals surface area contributed by atoms with E-state index in [1.807, 2.05) is 12.3 Å². The predicted molar refractivity (Wildman–Crippen MR) is 51.6 cm³/mol. The molecule has 0 aliphatic carbocycles. The van der Waals surface area contributed by atoms with Crippen molar-refractivity contribution < 1.29 is 4.74 Å². The zero-order chi connectivity index (χ0) is 9.10. The SMILES string of the molecule is COc1cncc(C2=CCNC2)c1. The minimum atomic E-state index is 0.810. The van der Waals surface area contributed by atoms with E-state index in [0.717, 1.165) is 24.4 Å². The average molecular weight is 176 g/mol. The Kier molecular flexibility index (Phi) is 2.27. The molecule has 1 aliphatic heterocycles. The average Bonchev–Trinajstić information content (AvgIpc) is 2.71. The van der Waals surface area contributed by atoms with Crippen molar-refractivity contribution in [1.82, 2.24) is 10.3 Å². The van der Waals surface area contributed by atoms with E-state index in [0.29, 0.717) is 0 Å². The number of hydrogen-bond acceptors (Lipinski definition) is 3. The fourth-order valence-corrected chi connectivity index (χ4v) is 1.40. The van der Waals surface area contributed by atoms with Crippen LogP contribution in [-0.4, -0.2) is 25.2 Å². The standard InChI is InChI=1S/C10H12N2O/c1-13-10-4-9(6-12-7-10)8-2-3-11-5-8/h2,4,6-7,11H,3,5H2,1H3. The van der Waals surface area contributed by atoms with E-state index in [1.165, 1.54) is 5.57 Å². The van der Waals surface area contributed by atoms with Crippen molar-refractivity contribution in [1.29, 1.82) is 0 Å². The van der Waals surface area contributed by atoms with E-state index >= 15 is 0 Å². The second-order valence-corrected chi connectivity index (χ2v) is 2.97. The van der Waals surface area contributed by atoms with Gasteiger partial charge in [0.2, 0.25) is 0 Å². The molecule has 1 aromatic rings. The molecule has 2 rings (SSSR count). The summed E-state index contributed by atoms with van der Waals surface area (Å²) < 4.78 is 5.10. The van der Waals surface area contributed by atoms with Gasteiger partial charge in [-0.15, -0.1) is 0 Å². The molecule has 0 saturated carbocycles. The Bertz CT molecular complexity index is 333. The van der Waals surface area contributed by atoms with E-state index in [1.54, 1.807) is 13.3 Å². The number of aromatic nitrogens is 1. The Morgan fingerprint density at radius 3 is 3.08 bits per heavy atom. The van der Waals surface area contributed by atoms with Gasteiger partial charge in [-0.3, -0.25) is 4.98 Å². The molecule has 0 bridgehead atoms. The lowest BCUT2D eigenvalue weighted by atomic mass is 10.1. The largest absolute Gasteiger partial charge is 0.495 e. The second kappa shape index (κ2) is 3.58. The van der Waals surface area contributed by atoms with Crippen LogP contribution in [-0.2, 0) is 0 Å². The minimum absolute atomic E-state index is 0.810. The molecule has 1 aliphatic rings. The van der Waals surface area contributed by atoms with Gasteiger partial charge in [0.25, 0.3) is 0 Å². The number of hydrogen-bond donors (Lipinski definition) is 1. The third kappa shape index (κ3) is 1.70. The summed E-state index contributed by atoms with van der Waals surface area (Å²) >= 11 is 0. The highest BCUT2D eigenvalue weighted by molar-refractivity contribution is 5.69. The maximum atomic E-state index is 5.10. The maximum Gasteiger partial charge on any atom is 0.137 e. The lowest BCUT2D eigenvalue weighted by Gasteiger charge is -2.03. The second-order valence-electron chi connectivity index (χ2n) is 2.97. The first-order valence-corrected chi connectivity index (χ1v) is 4.29. The van der Waals surface area contributed by atoms with Gasteiger partial charge in [-0.2, -0.15) is 0 Å². The highest BCUT2D eigenvalue weighted by Gasteiger charge is 2.06. The van der Waals surface area contributed by atoms with Crippen LogP contribution in [0.1, 0.15) is 5.56 Å². The third-order valence-electron chi connectivity index (χ3n) is 2.13. The molecule has 2 heterocycles. The van der Waals surface area contributed by atoms with Crippen molar-refractivity contribution in [3.05, 3.63) is 30.1 Å². The molecule has 1 N–H and O–H groups in total. The van der Waals surface area contributed by atoms with Gasteiger partial charge in [0, 0.05) is 24.8 Å². The molecule has 0 aromatic carbocycles. The summed E-state index contributed by atoms with van der Waals surface area (Å²) in [6.45, 7) is 1.88. The van der Waals surface area contributed by atoms with Crippen LogP contribution in [0.3, 0.4) is 0 Å². The number of pyridine rings is 1. The van der Waals surface area contributed by atoms with Crippen molar-refractivity contribution >= 4 is 5.57 Å². The number of ether oxygens (including phenoxy) is 1. The quantitative estimate of drug-likeness (QED) is 0.732. The van der Waals surface area contributed by atoms with Crippen molar-refractivity contribution in [2.75, 3.05) is 20.2 Å². The molecule has 0 atom stereocenters. The van der Waals surface area contributed by atoms with E-state index in [4.69, 9.17) is 4.74 Å². The van der Waals surface area contributed by atoms with Crippen molar-refractivity contribution in [3.63, 3.8) is 0 Å². The summed E-state index contributed by atoms with van der Waals surface area (Å²) in [6.07, 6.45) is 5.75. The van der Waals surface area contributed by atoms with Gasteiger partial charge in [0.05, 0.1) is 13.3 Å². The Morgan fingerprint density at radius 1 is 1.46 bits per heavy atom. The highest BCUT2D eigenvalue weighted by Crippen LogP contribution is 2.19. The maximum absolute atomic E-state index is 5.10. The summed E-state index contributed by atoms with van der Waals surface area (Å²) in [5.74, 6) is 0.810. The zero-order valence-corrected chi connectivity index (χ0v) is 7.58. The molecule has 0 unspecified atom stereocenters. The van der Waals surface area contributed by atoms with E-state index < -0.39 is 0 Å². The summed E-state index contributed by atoms with van der Waals surface area (Å²) in [7, 11) is 1.65. The van der Waals surface area contributed by atoms with Crippen LogP contribution in [0.5, 0.6) is 5.75 Å². The number of nitrogens with zero attached hydrogens (tertiary/aromatic N) is 1. The summed E-state index contributed by atoms with van der Waals surface area (Å²) in [4.78, 5) is 4.11. The van der Waals surface area contributed by atoms with Gasteiger partial charge in [0.1, 0.15) is 5.75 Å². The lowest BCUT2D eigenvalue weighted by molar-refractivity contribution is 0.412. The predicted octanol–water partition coefficient (Wildman–Crippen LogP) is 1.08. The first-order valence-electron chi connectivity index (χ1n) is 4.29. The van der Waals surface area contributed by atoms with Gasteiger partial charge in [-0.05, 0) is 11.6 Å². The lowest BCUT2D eigenvalue weighted by Crippen LogP contribution is -2.07. The van der Waals surface area contributed by atoms with Crippen LogP contribution in [0.2, 0.25) is 0 Å². The third-order valence-corrected chi connectivity index (χ3v) is 2.13. The summed E-state index contributed by atoms with van der Waals surface area (Å²) in [6, 6.07) is 2.01. The first-order chi connectivity index (χ1) is 6.40. The molecule has 68 valence electrons. The molecule has 3 nitrogen and oxygen atoms in total. The first kappa shape index (κ1) is 8.26. The summed E-state index contributed by atoms with van der Waals surface area (Å²) in [5.41, 5.74) is 2.44. The Balaban J connectivity index is 2.29. The van der Waals surface area contributed by atoms with E-state index in [-0.39, 0.29) is 0 Å². The van der Waals surface area contributed by atoms with Crippen molar-refractivity contribution in [3.8, 4) is 5.75 Å². The van der Waals surface area contributed by atoms with Gasteiger partial charge >= 0.3 is 0 Å². The monoisotopic (exact) mass is 176 g/mol. The number of nitrogens with one attached hydrogen (secondary N) is 1. The normalized spacial score (nSPS) is 15.6. The van der Waals surface area contributed by atoms with Crippen LogP contribution >= 0.6 is 0 Å². The fraction of sp³-hybridized carbons (Fsp3) is 0.300. The Labute approximate surface area is 77.4 Å². The number of methoxy groups -OCH3 is 1. The van der Waals surface area contributed by atoms with Crippen LogP contribution in [0.25, 0.3) is 5.57 Å². The molecule has 0 amide bonds. The molecular weight excluding hydrogens is 164 g/mol. The fourth-order valence-electron chi connectivity index (χ4n) is 1.40. The zero-order valence-electron chi connectivity index (χ0n) is 7.58. The Morgan fingerprint density at radius 2 is 2.38 bits per heavy atom. The van der Waals surface area contributed by atoms with Crippen LogP contribution in [0.4, 0.5) is 0 Å². The van der Waals surface area contributed by atoms with Gasteiger partial charge in [-0.25, -0.2) is 0 Å². The number of rotatable bonds is 2. The smallest absolute Gasteiger partial charge is 0.137 e. The molecule has 0 saturated heterocycles. The molecule has 1 aromatic heterocycles. The van der Waals surface area contributed by atoms with Gasteiger partial charge < -0.3 is 10.1 Å². The highest BCUT2D eigenvalue weighted by atomic mass is 16.5. The molecule has 13 heavy (non-hydrogen) atoms. The molecule has 0 radical (unpaired) electrons. The van der Waals surface area contributed by atoms with Crippen LogP contribution in [0.15, 0.2) is 24.5 Å². The van der Waals surface area contributed by atoms with Crippen LogP contribution < -0.4 is 10.1 Å². The molecule has 0 fully saturated rings. The molecule has 3 heteroatoms. The minimum Gasteiger partial charge on any atom is -0.495 e. The molecule has 0 spiro atoms. The van der Waals surface area contributed by atoms with E-state index in [2.05, 4.69) is 16.4 Å².